The van der Waals surface area contributed by atoms with Crippen LogP contribution in [-0.4, -0.2) is 28.2 Å². The highest BCUT2D eigenvalue weighted by Crippen LogP contribution is 2.07. The summed E-state index contributed by atoms with van der Waals surface area (Å²) < 4.78 is 0. The summed E-state index contributed by atoms with van der Waals surface area (Å²) in [6.07, 6.45) is 2.55. The number of hydrogen-bond acceptors (Lipinski definition) is 4. The summed E-state index contributed by atoms with van der Waals surface area (Å²) in [4.78, 5) is 8.81. The smallest absolute Gasteiger partial charge is 0.0890 e. The Hall–Kier alpha value is -1.52. The van der Waals surface area contributed by atoms with E-state index in [0.29, 0.717) is 6.54 Å². The molecule has 0 fully saturated rings. The maximum atomic E-state index is 8.64. The summed E-state index contributed by atoms with van der Waals surface area (Å²) in [5.41, 5.74) is 2.77. The van der Waals surface area contributed by atoms with Gasteiger partial charge >= 0.3 is 0 Å². The summed E-state index contributed by atoms with van der Waals surface area (Å²) in [6.45, 7) is 1.71. The quantitative estimate of drug-likeness (QED) is 0.736. The molecule has 1 aromatic heterocycles. The third-order valence-electron chi connectivity index (χ3n) is 2.32. The van der Waals surface area contributed by atoms with Crippen LogP contribution in [0.15, 0.2) is 30.5 Å². The average molecular weight is 217 g/mol. The lowest BCUT2D eigenvalue weighted by molar-refractivity contribution is 0.286. The van der Waals surface area contributed by atoms with E-state index in [4.69, 9.17) is 5.11 Å². The first kappa shape index (κ1) is 11.0. The molecule has 2 rings (SSSR count). The molecule has 0 radical (unpaired) electrons. The first-order valence-electron chi connectivity index (χ1n) is 5.42. The third-order valence-corrected chi connectivity index (χ3v) is 2.32. The topological polar surface area (TPSA) is 58.0 Å². The lowest BCUT2D eigenvalue weighted by atomic mass is 10.3. The van der Waals surface area contributed by atoms with E-state index >= 15 is 0 Å². The third kappa shape index (κ3) is 2.74. The van der Waals surface area contributed by atoms with Gasteiger partial charge in [0.2, 0.25) is 0 Å². The number of nitrogens with one attached hydrogen (secondary N) is 1. The van der Waals surface area contributed by atoms with Gasteiger partial charge in [-0.25, -0.2) is 4.98 Å². The van der Waals surface area contributed by atoms with E-state index in [0.717, 1.165) is 29.7 Å². The lowest BCUT2D eigenvalue weighted by Crippen LogP contribution is -2.16. The van der Waals surface area contributed by atoms with E-state index in [9.17, 15) is 0 Å². The van der Waals surface area contributed by atoms with Crippen LogP contribution < -0.4 is 5.32 Å². The van der Waals surface area contributed by atoms with Gasteiger partial charge in [0.25, 0.3) is 0 Å². The molecule has 0 aliphatic carbocycles. The first-order valence-corrected chi connectivity index (χ1v) is 5.42. The van der Waals surface area contributed by atoms with Gasteiger partial charge in [0.05, 0.1) is 22.9 Å². The second kappa shape index (κ2) is 5.53. The Balaban J connectivity index is 2.02. The molecule has 0 atom stereocenters. The minimum absolute atomic E-state index is 0.219. The fraction of sp³-hybridized carbons (Fsp3) is 0.333. The number of hydrogen-bond donors (Lipinski definition) is 2. The Labute approximate surface area is 94.4 Å². The van der Waals surface area contributed by atoms with Gasteiger partial charge in [-0.2, -0.15) is 0 Å². The van der Waals surface area contributed by atoms with Crippen molar-refractivity contribution >= 4 is 11.0 Å². The molecular weight excluding hydrogens is 202 g/mol. The molecule has 4 nitrogen and oxygen atoms in total. The van der Waals surface area contributed by atoms with Crippen molar-refractivity contribution in [2.45, 2.75) is 13.0 Å². The number of aliphatic hydroxyl groups is 1. The molecule has 0 saturated carbocycles. The number of benzene rings is 1. The second-order valence-electron chi connectivity index (χ2n) is 3.60. The summed E-state index contributed by atoms with van der Waals surface area (Å²) in [6, 6.07) is 7.82. The fourth-order valence-electron chi connectivity index (χ4n) is 1.50. The standard InChI is InChI=1S/C12H15N3O/c16-7-3-6-13-8-10-9-14-11-4-1-2-5-12(11)15-10/h1-2,4-5,9,13,16H,3,6-8H2. The molecule has 2 aromatic rings. The van der Waals surface area contributed by atoms with Crippen LogP contribution in [-0.2, 0) is 6.54 Å². The predicted octanol–water partition coefficient (Wildman–Crippen LogP) is 1.10. The Morgan fingerprint density at radius 2 is 2.00 bits per heavy atom. The lowest BCUT2D eigenvalue weighted by Gasteiger charge is -2.03. The van der Waals surface area contributed by atoms with Crippen LogP contribution in [0, 0.1) is 0 Å². The summed E-state index contributed by atoms with van der Waals surface area (Å²) in [7, 11) is 0. The van der Waals surface area contributed by atoms with Crippen molar-refractivity contribution in [1.82, 2.24) is 15.3 Å². The van der Waals surface area contributed by atoms with Gasteiger partial charge in [-0.3, -0.25) is 4.98 Å². The maximum Gasteiger partial charge on any atom is 0.0890 e. The van der Waals surface area contributed by atoms with E-state index in [2.05, 4.69) is 15.3 Å². The minimum atomic E-state index is 0.219. The van der Waals surface area contributed by atoms with Gasteiger partial charge in [0, 0.05) is 13.2 Å². The molecule has 84 valence electrons. The zero-order valence-corrected chi connectivity index (χ0v) is 9.06. The molecular formula is C12H15N3O. The van der Waals surface area contributed by atoms with Gasteiger partial charge in [-0.1, -0.05) is 12.1 Å². The van der Waals surface area contributed by atoms with Crippen molar-refractivity contribution < 1.29 is 5.11 Å². The molecule has 0 amide bonds. The molecule has 0 saturated heterocycles. The molecule has 0 unspecified atom stereocenters. The first-order chi connectivity index (χ1) is 7.90. The van der Waals surface area contributed by atoms with Crippen molar-refractivity contribution in [2.75, 3.05) is 13.2 Å². The van der Waals surface area contributed by atoms with Crippen molar-refractivity contribution in [3.8, 4) is 0 Å². The Bertz CT molecular complexity index is 459. The van der Waals surface area contributed by atoms with Crippen LogP contribution in [0.4, 0.5) is 0 Å². The fourth-order valence-corrected chi connectivity index (χ4v) is 1.50. The molecule has 0 bridgehead atoms. The van der Waals surface area contributed by atoms with Crippen LogP contribution in [0.25, 0.3) is 11.0 Å². The van der Waals surface area contributed by atoms with E-state index in [1.165, 1.54) is 0 Å². The average Bonchev–Trinajstić information content (AvgIpc) is 2.34. The Kier molecular flexibility index (Phi) is 3.80. The molecule has 4 heteroatoms. The van der Waals surface area contributed by atoms with Gasteiger partial charge < -0.3 is 10.4 Å². The van der Waals surface area contributed by atoms with E-state index in [-0.39, 0.29) is 6.61 Å². The second-order valence-corrected chi connectivity index (χ2v) is 3.60. The highest BCUT2D eigenvalue weighted by atomic mass is 16.3. The largest absolute Gasteiger partial charge is 0.396 e. The predicted molar refractivity (Wildman–Crippen MR) is 62.9 cm³/mol. The number of aliphatic hydroxyl groups excluding tert-OH is 1. The molecule has 1 heterocycles. The van der Waals surface area contributed by atoms with E-state index in [1.54, 1.807) is 6.20 Å². The van der Waals surface area contributed by atoms with E-state index in [1.807, 2.05) is 24.3 Å². The van der Waals surface area contributed by atoms with Gasteiger partial charge in [0.15, 0.2) is 0 Å². The highest BCUT2D eigenvalue weighted by Gasteiger charge is 1.98. The zero-order valence-electron chi connectivity index (χ0n) is 9.06. The van der Waals surface area contributed by atoms with Gasteiger partial charge in [0.1, 0.15) is 0 Å². The van der Waals surface area contributed by atoms with Crippen molar-refractivity contribution in [1.29, 1.82) is 0 Å². The monoisotopic (exact) mass is 217 g/mol. The number of nitrogens with zero attached hydrogens (tertiary/aromatic N) is 2. The maximum absolute atomic E-state index is 8.64. The molecule has 2 N–H and O–H groups in total. The Morgan fingerprint density at radius 1 is 1.19 bits per heavy atom. The van der Waals surface area contributed by atoms with E-state index < -0.39 is 0 Å². The van der Waals surface area contributed by atoms with Crippen LogP contribution in [0.3, 0.4) is 0 Å². The van der Waals surface area contributed by atoms with Crippen LogP contribution in [0.2, 0.25) is 0 Å². The molecule has 1 aromatic carbocycles. The highest BCUT2D eigenvalue weighted by molar-refractivity contribution is 5.73. The van der Waals surface area contributed by atoms with Gasteiger partial charge in [-0.15, -0.1) is 0 Å². The summed E-state index contributed by atoms with van der Waals surface area (Å²) in [5.74, 6) is 0. The molecule has 16 heavy (non-hydrogen) atoms. The number of fused-ring (bicyclic) bond motifs is 1. The zero-order chi connectivity index (χ0) is 11.2. The number of aromatic nitrogens is 2. The Morgan fingerprint density at radius 3 is 2.81 bits per heavy atom. The minimum Gasteiger partial charge on any atom is -0.396 e. The molecule has 0 aliphatic rings. The van der Waals surface area contributed by atoms with Crippen LogP contribution >= 0.6 is 0 Å². The van der Waals surface area contributed by atoms with Crippen molar-refractivity contribution in [3.05, 3.63) is 36.2 Å². The van der Waals surface area contributed by atoms with Crippen LogP contribution in [0.1, 0.15) is 12.1 Å². The number of para-hydroxylation sites is 2. The van der Waals surface area contributed by atoms with Crippen LogP contribution in [0.5, 0.6) is 0 Å². The van der Waals surface area contributed by atoms with Crippen molar-refractivity contribution in [2.24, 2.45) is 0 Å². The summed E-state index contributed by atoms with van der Waals surface area (Å²) >= 11 is 0. The van der Waals surface area contributed by atoms with Gasteiger partial charge in [-0.05, 0) is 25.1 Å². The number of rotatable bonds is 5. The SMILES string of the molecule is OCCCNCc1cnc2ccccc2n1. The summed E-state index contributed by atoms with van der Waals surface area (Å²) in [5, 5.41) is 11.8. The van der Waals surface area contributed by atoms with Crippen molar-refractivity contribution in [3.63, 3.8) is 0 Å². The molecule has 0 spiro atoms. The normalized spacial score (nSPS) is 10.8. The molecule has 0 aliphatic heterocycles.